The maximum atomic E-state index is 11.0. The van der Waals surface area contributed by atoms with Crippen molar-refractivity contribution in [2.75, 3.05) is 6.61 Å². The maximum absolute atomic E-state index is 11.0. The Morgan fingerprint density at radius 1 is 1.80 bits per heavy atom. The third-order valence-corrected chi connectivity index (χ3v) is 1.68. The number of carbonyl (C=O) groups excluding carboxylic acids is 2. The summed E-state index contributed by atoms with van der Waals surface area (Å²) < 4.78 is 4.64. The summed E-state index contributed by atoms with van der Waals surface area (Å²) >= 11 is 0. The van der Waals surface area contributed by atoms with E-state index in [0.29, 0.717) is 12.1 Å². The molecule has 0 aliphatic heterocycles. The van der Waals surface area contributed by atoms with Gasteiger partial charge in [-0.05, 0) is 6.92 Å². The second-order valence-corrected chi connectivity index (χ2v) is 2.80. The summed E-state index contributed by atoms with van der Waals surface area (Å²) in [5, 5.41) is 2.37. The van der Waals surface area contributed by atoms with Crippen LogP contribution in [0.5, 0.6) is 0 Å². The molecule has 0 aromatic carbocycles. The molecule has 6 nitrogen and oxygen atoms in total. The number of nitrogens with zero attached hydrogens (tertiary/aromatic N) is 1. The van der Waals surface area contributed by atoms with Crippen molar-refractivity contribution in [2.45, 2.75) is 19.4 Å². The molecule has 1 unspecified atom stereocenters. The second kappa shape index (κ2) is 5.79. The molecule has 81 valence electrons. The van der Waals surface area contributed by atoms with E-state index in [1.165, 1.54) is 6.33 Å². The van der Waals surface area contributed by atoms with Gasteiger partial charge in [0.2, 0.25) is 6.29 Å². The zero-order chi connectivity index (χ0) is 11.1. The topological polar surface area (TPSA) is 84.1 Å². The van der Waals surface area contributed by atoms with Gasteiger partial charge in [0, 0.05) is 12.6 Å². The van der Waals surface area contributed by atoms with E-state index in [9.17, 15) is 9.59 Å². The lowest BCUT2D eigenvalue weighted by Crippen LogP contribution is -2.38. The molecule has 0 fully saturated rings. The van der Waals surface area contributed by atoms with Crippen molar-refractivity contribution >= 4 is 12.4 Å². The average Bonchev–Trinajstić information content (AvgIpc) is 2.70. The SMILES string of the molecule is CCOC(=O)NC([C]=O)Cc1c[nH]cn1. The minimum atomic E-state index is -0.729. The number of carbonyl (C=O) groups is 1. The van der Waals surface area contributed by atoms with Crippen LogP contribution in [0.25, 0.3) is 0 Å². The van der Waals surface area contributed by atoms with Gasteiger partial charge in [0.05, 0.1) is 18.6 Å². The van der Waals surface area contributed by atoms with Gasteiger partial charge >= 0.3 is 6.09 Å². The first-order chi connectivity index (χ1) is 7.26. The lowest BCUT2D eigenvalue weighted by molar-refractivity contribution is 0.150. The van der Waals surface area contributed by atoms with Crippen LogP contribution >= 0.6 is 0 Å². The van der Waals surface area contributed by atoms with E-state index >= 15 is 0 Å². The van der Waals surface area contributed by atoms with Crippen LogP contribution in [0, 0.1) is 0 Å². The van der Waals surface area contributed by atoms with Crippen molar-refractivity contribution in [1.82, 2.24) is 15.3 Å². The fourth-order valence-corrected chi connectivity index (χ4v) is 1.05. The summed E-state index contributed by atoms with van der Waals surface area (Å²) in [4.78, 5) is 28.2. The molecule has 0 aliphatic rings. The number of alkyl carbamates (subject to hydrolysis) is 1. The van der Waals surface area contributed by atoms with Crippen LogP contribution in [0.3, 0.4) is 0 Å². The van der Waals surface area contributed by atoms with Crippen molar-refractivity contribution in [3.05, 3.63) is 18.2 Å². The molecular formula is C9H12N3O3. The summed E-state index contributed by atoms with van der Waals surface area (Å²) in [5.74, 6) is 0. The first-order valence-electron chi connectivity index (χ1n) is 4.55. The summed E-state index contributed by atoms with van der Waals surface area (Å²) in [5.41, 5.74) is 0.681. The van der Waals surface area contributed by atoms with Crippen LogP contribution in [0.4, 0.5) is 4.79 Å². The Labute approximate surface area is 87.0 Å². The van der Waals surface area contributed by atoms with Crippen LogP contribution < -0.4 is 5.32 Å². The minimum Gasteiger partial charge on any atom is -0.450 e. The van der Waals surface area contributed by atoms with E-state index in [4.69, 9.17) is 0 Å². The smallest absolute Gasteiger partial charge is 0.407 e. The average molecular weight is 210 g/mol. The quantitative estimate of drug-likeness (QED) is 0.725. The summed E-state index contributed by atoms with van der Waals surface area (Å²) in [6.07, 6.45) is 4.54. The molecule has 0 saturated carbocycles. The zero-order valence-corrected chi connectivity index (χ0v) is 8.32. The van der Waals surface area contributed by atoms with Gasteiger partial charge in [0.25, 0.3) is 0 Å². The molecule has 1 radical (unpaired) electrons. The zero-order valence-electron chi connectivity index (χ0n) is 8.32. The number of ether oxygens (including phenoxy) is 1. The van der Waals surface area contributed by atoms with Crippen LogP contribution in [0.1, 0.15) is 12.6 Å². The van der Waals surface area contributed by atoms with Crippen molar-refractivity contribution in [3.8, 4) is 0 Å². The first-order valence-corrected chi connectivity index (χ1v) is 4.55. The van der Waals surface area contributed by atoms with Crippen molar-refractivity contribution in [2.24, 2.45) is 0 Å². The number of H-pyrrole nitrogens is 1. The highest BCUT2D eigenvalue weighted by atomic mass is 16.5. The Hall–Kier alpha value is -1.85. The normalized spacial score (nSPS) is 11.8. The molecule has 0 spiro atoms. The number of imidazole rings is 1. The predicted octanol–water partition coefficient (Wildman–Crippen LogP) is 0.177. The Kier molecular flexibility index (Phi) is 4.33. The molecule has 0 saturated heterocycles. The van der Waals surface area contributed by atoms with E-state index in [0.717, 1.165) is 0 Å². The minimum absolute atomic E-state index is 0.264. The van der Waals surface area contributed by atoms with E-state index in [1.54, 1.807) is 19.4 Å². The van der Waals surface area contributed by atoms with Gasteiger partial charge in [-0.2, -0.15) is 0 Å². The van der Waals surface area contributed by atoms with Gasteiger partial charge in [0.1, 0.15) is 6.04 Å². The molecule has 1 atom stereocenters. The summed E-state index contributed by atoms with van der Waals surface area (Å²) in [6, 6.07) is -0.729. The van der Waals surface area contributed by atoms with Gasteiger partial charge in [-0.1, -0.05) is 0 Å². The number of hydrogen-bond donors (Lipinski definition) is 2. The highest BCUT2D eigenvalue weighted by Crippen LogP contribution is 1.96. The fraction of sp³-hybridized carbons (Fsp3) is 0.444. The lowest BCUT2D eigenvalue weighted by Gasteiger charge is -2.09. The molecule has 1 aromatic heterocycles. The third kappa shape index (κ3) is 3.80. The number of rotatable bonds is 5. The highest BCUT2D eigenvalue weighted by Gasteiger charge is 2.14. The van der Waals surface area contributed by atoms with Crippen LogP contribution in [0.2, 0.25) is 0 Å². The number of aromatic nitrogens is 2. The van der Waals surface area contributed by atoms with Crippen LogP contribution in [0.15, 0.2) is 12.5 Å². The molecule has 1 rings (SSSR count). The largest absolute Gasteiger partial charge is 0.450 e. The number of aromatic amines is 1. The van der Waals surface area contributed by atoms with Gasteiger partial charge in [-0.3, -0.25) is 4.79 Å². The second-order valence-electron chi connectivity index (χ2n) is 2.80. The maximum Gasteiger partial charge on any atom is 0.407 e. The van der Waals surface area contributed by atoms with Crippen LogP contribution in [-0.4, -0.2) is 35.0 Å². The molecule has 0 aliphatic carbocycles. The van der Waals surface area contributed by atoms with Crippen molar-refractivity contribution in [1.29, 1.82) is 0 Å². The summed E-state index contributed by atoms with van der Waals surface area (Å²) in [6.45, 7) is 1.95. The number of hydrogen-bond acceptors (Lipinski definition) is 4. The third-order valence-electron chi connectivity index (χ3n) is 1.68. The molecule has 1 heterocycles. The van der Waals surface area contributed by atoms with Gasteiger partial charge < -0.3 is 15.0 Å². The molecule has 0 bridgehead atoms. The molecule has 1 aromatic rings. The Balaban J connectivity index is 2.42. The lowest BCUT2D eigenvalue weighted by atomic mass is 10.2. The molecule has 2 N–H and O–H groups in total. The standard InChI is InChI=1S/C9H12N3O3/c1-2-15-9(14)12-8(5-13)3-7-4-10-6-11-7/h4,6,8H,2-3H2,1H3,(H,10,11)(H,12,14). The van der Waals surface area contributed by atoms with Crippen LogP contribution in [-0.2, 0) is 16.0 Å². The fourth-order valence-electron chi connectivity index (χ4n) is 1.05. The Morgan fingerprint density at radius 2 is 2.60 bits per heavy atom. The number of nitrogens with one attached hydrogen (secondary N) is 2. The van der Waals surface area contributed by atoms with Crippen molar-refractivity contribution in [3.63, 3.8) is 0 Å². The molecular weight excluding hydrogens is 198 g/mol. The van der Waals surface area contributed by atoms with E-state index in [2.05, 4.69) is 20.0 Å². The van der Waals surface area contributed by atoms with E-state index in [1.807, 2.05) is 0 Å². The number of amides is 1. The van der Waals surface area contributed by atoms with E-state index < -0.39 is 12.1 Å². The molecule has 15 heavy (non-hydrogen) atoms. The molecule has 1 amide bonds. The van der Waals surface area contributed by atoms with Gasteiger partial charge in [-0.15, -0.1) is 0 Å². The predicted molar refractivity (Wildman–Crippen MR) is 51.9 cm³/mol. The van der Waals surface area contributed by atoms with Gasteiger partial charge in [-0.25, -0.2) is 9.78 Å². The van der Waals surface area contributed by atoms with E-state index in [-0.39, 0.29) is 6.61 Å². The highest BCUT2D eigenvalue weighted by molar-refractivity contribution is 5.73. The monoisotopic (exact) mass is 210 g/mol. The first kappa shape index (κ1) is 11.2. The van der Waals surface area contributed by atoms with Gasteiger partial charge in [0.15, 0.2) is 0 Å². The summed E-state index contributed by atoms with van der Waals surface area (Å²) in [7, 11) is 0. The van der Waals surface area contributed by atoms with Crippen molar-refractivity contribution < 1.29 is 14.3 Å². The molecule has 6 heteroatoms. The Morgan fingerprint density at radius 3 is 3.13 bits per heavy atom. The Bertz CT molecular complexity index is 310.